The average Bonchev–Trinajstić information content (AvgIpc) is 3.48. The van der Waals surface area contributed by atoms with Gasteiger partial charge in [-0.05, 0) is 49.3 Å². The molecule has 5 rings (SSSR count). The summed E-state index contributed by atoms with van der Waals surface area (Å²) in [4.78, 5) is 45.8. The summed E-state index contributed by atoms with van der Waals surface area (Å²) in [6, 6.07) is 5.67. The monoisotopic (exact) mass is 493 g/mol. The third kappa shape index (κ3) is 4.56. The minimum Gasteiger partial charge on any atom is -0.345 e. The number of nitrogens with zero attached hydrogens (tertiary/aromatic N) is 3. The van der Waals surface area contributed by atoms with Crippen molar-refractivity contribution < 1.29 is 14.4 Å². The van der Waals surface area contributed by atoms with Crippen molar-refractivity contribution in [3.8, 4) is 0 Å². The lowest BCUT2D eigenvalue weighted by atomic mass is 9.73. The zero-order valence-corrected chi connectivity index (χ0v) is 22.4. The maximum absolute atomic E-state index is 13.6. The third-order valence-corrected chi connectivity index (χ3v) is 9.64. The predicted molar refractivity (Wildman–Crippen MR) is 141 cm³/mol. The molecule has 2 heterocycles. The summed E-state index contributed by atoms with van der Waals surface area (Å²) in [5.41, 5.74) is 2.16. The highest BCUT2D eigenvalue weighted by Crippen LogP contribution is 2.49. The Bertz CT molecular complexity index is 1010. The van der Waals surface area contributed by atoms with E-state index in [9.17, 15) is 14.4 Å². The number of carbonyl (C=O) groups excluding carboxylic acids is 3. The fraction of sp³-hybridized carbons (Fsp3) is 0.700. The second-order valence-electron chi connectivity index (χ2n) is 12.2. The third-order valence-electron chi connectivity index (χ3n) is 9.64. The van der Waals surface area contributed by atoms with Crippen molar-refractivity contribution in [2.45, 2.75) is 90.1 Å². The number of rotatable bonds is 5. The molecule has 4 aliphatic rings. The summed E-state index contributed by atoms with van der Waals surface area (Å²) in [6.07, 6.45) is 12.8. The second-order valence-corrected chi connectivity index (χ2v) is 12.2. The molecule has 3 amide bonds. The van der Waals surface area contributed by atoms with Gasteiger partial charge in [-0.15, -0.1) is 0 Å². The Kier molecular flexibility index (Phi) is 7.15. The van der Waals surface area contributed by atoms with E-state index in [-0.39, 0.29) is 29.2 Å². The van der Waals surface area contributed by atoms with E-state index in [1.807, 2.05) is 18.2 Å². The molecule has 2 atom stereocenters. The Morgan fingerprint density at radius 2 is 1.78 bits per heavy atom. The highest BCUT2D eigenvalue weighted by molar-refractivity contribution is 6.04. The van der Waals surface area contributed by atoms with Crippen molar-refractivity contribution >= 4 is 17.7 Å². The van der Waals surface area contributed by atoms with Crippen LogP contribution in [0.2, 0.25) is 0 Å². The second kappa shape index (κ2) is 10.2. The first kappa shape index (κ1) is 25.3. The number of benzene rings is 1. The fourth-order valence-electron chi connectivity index (χ4n) is 7.78. The summed E-state index contributed by atoms with van der Waals surface area (Å²) in [5.74, 6) is 1.11. The topological polar surface area (TPSA) is 60.9 Å². The molecule has 0 aromatic heterocycles. The van der Waals surface area contributed by atoms with Crippen LogP contribution in [0.25, 0.3) is 0 Å². The lowest BCUT2D eigenvalue weighted by Gasteiger charge is -2.50. The average molecular weight is 494 g/mol. The number of carbonyl (C=O) groups is 3. The first-order valence-corrected chi connectivity index (χ1v) is 14.2. The molecule has 1 spiro atoms. The maximum atomic E-state index is 13.6. The molecule has 6 nitrogen and oxygen atoms in total. The number of amides is 3. The Morgan fingerprint density at radius 1 is 1.06 bits per heavy atom. The van der Waals surface area contributed by atoms with Gasteiger partial charge in [-0.25, -0.2) is 0 Å². The highest BCUT2D eigenvalue weighted by Gasteiger charge is 2.51. The van der Waals surface area contributed by atoms with Gasteiger partial charge in [0.05, 0.1) is 0 Å². The van der Waals surface area contributed by atoms with Crippen LogP contribution < -0.4 is 0 Å². The van der Waals surface area contributed by atoms with E-state index in [1.54, 1.807) is 19.0 Å². The first-order valence-electron chi connectivity index (χ1n) is 14.2. The largest absolute Gasteiger partial charge is 0.345 e. The first-order chi connectivity index (χ1) is 17.3. The van der Waals surface area contributed by atoms with Gasteiger partial charge in [0, 0.05) is 62.2 Å². The van der Waals surface area contributed by atoms with Gasteiger partial charge >= 0.3 is 0 Å². The molecular weight excluding hydrogens is 450 g/mol. The minimum absolute atomic E-state index is 0.0259. The summed E-state index contributed by atoms with van der Waals surface area (Å²) in [7, 11) is 3.51. The molecule has 0 radical (unpaired) electrons. The van der Waals surface area contributed by atoms with E-state index in [0.29, 0.717) is 29.5 Å². The molecule has 1 aromatic rings. The van der Waals surface area contributed by atoms with Crippen molar-refractivity contribution in [2.75, 3.05) is 27.2 Å². The standard InChI is InChI=1S/C30H43N3O3/c1-21(18-22-10-5-4-6-11-22)27(34)32-17-14-26(30(20-32)15-7-8-16-30)33-19-25-23(28(35)31(2)3)12-9-13-24(25)29(33)36/h9,12-13,21-22,26H,4-8,10-11,14-20H2,1-3H3. The van der Waals surface area contributed by atoms with E-state index < -0.39 is 0 Å². The number of hydrogen-bond donors (Lipinski definition) is 0. The molecule has 2 aliphatic heterocycles. The van der Waals surface area contributed by atoms with Crippen LogP contribution in [0.5, 0.6) is 0 Å². The molecule has 1 saturated heterocycles. The van der Waals surface area contributed by atoms with Crippen LogP contribution >= 0.6 is 0 Å². The predicted octanol–water partition coefficient (Wildman–Crippen LogP) is 5.11. The molecule has 3 fully saturated rings. The Hall–Kier alpha value is -2.37. The zero-order valence-electron chi connectivity index (χ0n) is 22.4. The number of likely N-dealkylation sites (tertiary alicyclic amines) is 1. The molecule has 6 heteroatoms. The Labute approximate surface area is 216 Å². The van der Waals surface area contributed by atoms with Crippen LogP contribution in [-0.4, -0.2) is 65.6 Å². The smallest absolute Gasteiger partial charge is 0.254 e. The van der Waals surface area contributed by atoms with E-state index in [4.69, 9.17) is 0 Å². The molecule has 2 unspecified atom stereocenters. The normalized spacial score (nSPS) is 24.8. The molecule has 36 heavy (non-hydrogen) atoms. The molecule has 2 aliphatic carbocycles. The van der Waals surface area contributed by atoms with E-state index in [1.165, 1.54) is 32.1 Å². The number of hydrogen-bond acceptors (Lipinski definition) is 3. The van der Waals surface area contributed by atoms with Crippen molar-refractivity contribution in [1.29, 1.82) is 0 Å². The zero-order chi connectivity index (χ0) is 25.4. The summed E-state index contributed by atoms with van der Waals surface area (Å²) < 4.78 is 0. The lowest BCUT2D eigenvalue weighted by Crippen LogP contribution is -2.59. The van der Waals surface area contributed by atoms with Crippen LogP contribution in [-0.2, 0) is 11.3 Å². The quantitative estimate of drug-likeness (QED) is 0.573. The molecular formula is C30H43N3O3. The highest BCUT2D eigenvalue weighted by atomic mass is 16.2. The van der Waals surface area contributed by atoms with Crippen LogP contribution in [0, 0.1) is 17.3 Å². The van der Waals surface area contributed by atoms with Crippen LogP contribution in [0.15, 0.2) is 18.2 Å². The van der Waals surface area contributed by atoms with Gasteiger partial charge in [0.15, 0.2) is 0 Å². The van der Waals surface area contributed by atoms with Crippen molar-refractivity contribution in [3.05, 3.63) is 34.9 Å². The fourth-order valence-corrected chi connectivity index (χ4v) is 7.78. The van der Waals surface area contributed by atoms with Crippen LogP contribution in [0.4, 0.5) is 0 Å². The van der Waals surface area contributed by atoms with Gasteiger partial charge in [0.2, 0.25) is 5.91 Å². The van der Waals surface area contributed by atoms with Gasteiger partial charge < -0.3 is 14.7 Å². The molecule has 1 aromatic carbocycles. The maximum Gasteiger partial charge on any atom is 0.254 e. The summed E-state index contributed by atoms with van der Waals surface area (Å²) in [6.45, 7) is 4.13. The van der Waals surface area contributed by atoms with Gasteiger partial charge in [0.25, 0.3) is 11.8 Å². The van der Waals surface area contributed by atoms with Gasteiger partial charge in [-0.3, -0.25) is 14.4 Å². The minimum atomic E-state index is -0.0514. The van der Waals surface area contributed by atoms with Crippen LogP contribution in [0.1, 0.15) is 104 Å². The van der Waals surface area contributed by atoms with Gasteiger partial charge in [-0.2, -0.15) is 0 Å². The number of fused-ring (bicyclic) bond motifs is 1. The van der Waals surface area contributed by atoms with E-state index in [2.05, 4.69) is 16.7 Å². The molecule has 0 N–H and O–H groups in total. The Balaban J connectivity index is 1.33. The SMILES string of the molecule is CC(CC1CCCCC1)C(=O)N1CCC(N2Cc3c(C(=O)N(C)C)cccc3C2=O)C2(CCCC2)C1. The van der Waals surface area contributed by atoms with Crippen molar-refractivity contribution in [1.82, 2.24) is 14.7 Å². The van der Waals surface area contributed by atoms with E-state index >= 15 is 0 Å². The molecule has 196 valence electrons. The lowest BCUT2D eigenvalue weighted by molar-refractivity contribution is -0.141. The van der Waals surface area contributed by atoms with Gasteiger partial charge in [0.1, 0.15) is 0 Å². The van der Waals surface area contributed by atoms with Crippen LogP contribution in [0.3, 0.4) is 0 Å². The van der Waals surface area contributed by atoms with Crippen molar-refractivity contribution in [2.24, 2.45) is 17.3 Å². The van der Waals surface area contributed by atoms with Gasteiger partial charge in [-0.1, -0.05) is 57.9 Å². The summed E-state index contributed by atoms with van der Waals surface area (Å²) >= 11 is 0. The number of piperidine rings is 1. The van der Waals surface area contributed by atoms with E-state index in [0.717, 1.165) is 57.2 Å². The molecule has 0 bridgehead atoms. The van der Waals surface area contributed by atoms with Crippen molar-refractivity contribution in [3.63, 3.8) is 0 Å². The Morgan fingerprint density at radius 3 is 2.47 bits per heavy atom. The molecule has 2 saturated carbocycles. The summed E-state index contributed by atoms with van der Waals surface area (Å²) in [5, 5.41) is 0.